The molecule has 6 nitrogen and oxygen atoms in total. The van der Waals surface area contributed by atoms with Gasteiger partial charge in [0.05, 0.1) is 22.3 Å². The second-order valence-corrected chi connectivity index (χ2v) is 6.07. The summed E-state index contributed by atoms with van der Waals surface area (Å²) in [7, 11) is 0. The number of rotatable bonds is 3. The number of fused-ring (bicyclic) bond motifs is 1. The Kier molecular flexibility index (Phi) is 3.65. The van der Waals surface area contributed by atoms with Crippen LogP contribution in [0.25, 0.3) is 33.5 Å². The van der Waals surface area contributed by atoms with Crippen molar-refractivity contribution in [1.29, 1.82) is 0 Å². The maximum absolute atomic E-state index is 11.9. The van der Waals surface area contributed by atoms with Gasteiger partial charge in [0.2, 0.25) is 0 Å². The number of aromatic carboxylic acids is 1. The van der Waals surface area contributed by atoms with Gasteiger partial charge in [-0.15, -0.1) is 0 Å². The molecular weight excluding hydrogens is 330 g/mol. The van der Waals surface area contributed by atoms with Crippen molar-refractivity contribution >= 4 is 17.0 Å². The number of phenols is 1. The van der Waals surface area contributed by atoms with Crippen LogP contribution in [0.15, 0.2) is 54.6 Å². The van der Waals surface area contributed by atoms with E-state index in [1.807, 2.05) is 31.2 Å². The van der Waals surface area contributed by atoms with Gasteiger partial charge in [0.15, 0.2) is 5.65 Å². The summed E-state index contributed by atoms with van der Waals surface area (Å²) in [6.45, 7) is 1.99. The van der Waals surface area contributed by atoms with Crippen molar-refractivity contribution in [2.24, 2.45) is 0 Å². The average Bonchev–Trinajstić information content (AvgIpc) is 3.05. The number of aromatic amines is 1. The SMILES string of the molecule is Cc1ccc(-c2[nH]nc3nc(-c4cccc(O)c4)cc(C(=O)O)c23)cc1. The van der Waals surface area contributed by atoms with E-state index in [9.17, 15) is 15.0 Å². The van der Waals surface area contributed by atoms with Crippen LogP contribution in [0, 0.1) is 6.92 Å². The zero-order chi connectivity index (χ0) is 18.3. The van der Waals surface area contributed by atoms with Crippen molar-refractivity contribution in [3.05, 3.63) is 65.7 Å². The molecule has 0 bridgehead atoms. The smallest absolute Gasteiger partial charge is 0.336 e. The molecule has 0 saturated carbocycles. The van der Waals surface area contributed by atoms with Gasteiger partial charge in [-0.2, -0.15) is 5.10 Å². The Morgan fingerprint density at radius 2 is 1.81 bits per heavy atom. The molecule has 0 saturated heterocycles. The summed E-state index contributed by atoms with van der Waals surface area (Å²) in [4.78, 5) is 16.4. The lowest BCUT2D eigenvalue weighted by Crippen LogP contribution is -2.00. The number of nitrogens with one attached hydrogen (secondary N) is 1. The molecule has 0 radical (unpaired) electrons. The number of carboxylic acid groups (broad SMARTS) is 1. The van der Waals surface area contributed by atoms with E-state index in [2.05, 4.69) is 15.2 Å². The molecule has 0 aliphatic carbocycles. The summed E-state index contributed by atoms with van der Waals surface area (Å²) in [5, 5.41) is 27.0. The third kappa shape index (κ3) is 2.67. The molecule has 128 valence electrons. The highest BCUT2D eigenvalue weighted by molar-refractivity contribution is 6.08. The molecule has 0 amide bonds. The zero-order valence-corrected chi connectivity index (χ0v) is 13.9. The van der Waals surface area contributed by atoms with Gasteiger partial charge in [-0.05, 0) is 25.1 Å². The summed E-state index contributed by atoms with van der Waals surface area (Å²) < 4.78 is 0. The standard InChI is InChI=1S/C20H15N3O3/c1-11-5-7-12(8-6-11)18-17-15(20(25)26)10-16(21-19(17)23-22-18)13-3-2-4-14(24)9-13/h2-10,24H,1H3,(H,25,26)(H,21,22,23). The summed E-state index contributed by atoms with van der Waals surface area (Å²) >= 11 is 0. The monoisotopic (exact) mass is 345 g/mol. The molecule has 0 aliphatic heterocycles. The number of hydrogen-bond acceptors (Lipinski definition) is 4. The first-order chi connectivity index (χ1) is 12.5. The van der Waals surface area contributed by atoms with Gasteiger partial charge < -0.3 is 10.2 Å². The third-order valence-corrected chi connectivity index (χ3v) is 4.24. The van der Waals surface area contributed by atoms with Gasteiger partial charge in [-0.3, -0.25) is 5.10 Å². The highest BCUT2D eigenvalue weighted by Gasteiger charge is 2.19. The van der Waals surface area contributed by atoms with Crippen LogP contribution in [-0.2, 0) is 0 Å². The van der Waals surface area contributed by atoms with E-state index in [1.165, 1.54) is 12.1 Å². The van der Waals surface area contributed by atoms with E-state index in [0.717, 1.165) is 11.1 Å². The van der Waals surface area contributed by atoms with Crippen LogP contribution in [0.2, 0.25) is 0 Å². The Morgan fingerprint density at radius 3 is 2.50 bits per heavy atom. The van der Waals surface area contributed by atoms with Gasteiger partial charge in [0.25, 0.3) is 0 Å². The van der Waals surface area contributed by atoms with Crippen LogP contribution in [-0.4, -0.2) is 31.4 Å². The van der Waals surface area contributed by atoms with Crippen molar-refractivity contribution in [1.82, 2.24) is 15.2 Å². The highest BCUT2D eigenvalue weighted by atomic mass is 16.4. The van der Waals surface area contributed by atoms with Gasteiger partial charge in [0.1, 0.15) is 5.75 Å². The minimum absolute atomic E-state index is 0.0867. The quantitative estimate of drug-likeness (QED) is 0.521. The minimum Gasteiger partial charge on any atom is -0.508 e. The van der Waals surface area contributed by atoms with Crippen LogP contribution in [0.5, 0.6) is 5.75 Å². The predicted molar refractivity (Wildman–Crippen MR) is 98.1 cm³/mol. The first-order valence-corrected chi connectivity index (χ1v) is 8.02. The second-order valence-electron chi connectivity index (χ2n) is 6.07. The maximum atomic E-state index is 11.9. The molecule has 2 aromatic heterocycles. The van der Waals surface area contributed by atoms with E-state index in [4.69, 9.17) is 0 Å². The largest absolute Gasteiger partial charge is 0.508 e. The number of aromatic hydroxyl groups is 1. The van der Waals surface area contributed by atoms with Crippen LogP contribution in [0.4, 0.5) is 0 Å². The number of carbonyl (C=O) groups is 1. The molecule has 0 atom stereocenters. The number of H-pyrrole nitrogens is 1. The molecule has 0 aliphatic rings. The average molecular weight is 345 g/mol. The van der Waals surface area contributed by atoms with E-state index in [1.54, 1.807) is 18.2 Å². The fourth-order valence-electron chi connectivity index (χ4n) is 2.93. The van der Waals surface area contributed by atoms with Crippen LogP contribution in [0.1, 0.15) is 15.9 Å². The molecule has 26 heavy (non-hydrogen) atoms. The third-order valence-electron chi connectivity index (χ3n) is 4.24. The molecule has 0 unspecified atom stereocenters. The van der Waals surface area contributed by atoms with Gasteiger partial charge >= 0.3 is 5.97 Å². The Bertz CT molecular complexity index is 1130. The lowest BCUT2D eigenvalue weighted by Gasteiger charge is -2.06. The van der Waals surface area contributed by atoms with Gasteiger partial charge in [0, 0.05) is 11.1 Å². The van der Waals surface area contributed by atoms with E-state index in [0.29, 0.717) is 28.0 Å². The predicted octanol–water partition coefficient (Wildman–Crippen LogP) is 4.00. The molecule has 2 heterocycles. The number of carboxylic acids is 1. The Labute approximate surface area is 148 Å². The molecule has 4 rings (SSSR count). The topological polar surface area (TPSA) is 99.1 Å². The van der Waals surface area contributed by atoms with Crippen molar-refractivity contribution in [3.63, 3.8) is 0 Å². The Balaban J connectivity index is 1.96. The lowest BCUT2D eigenvalue weighted by atomic mass is 10.0. The normalized spacial score (nSPS) is 11.0. The second kappa shape index (κ2) is 6.00. The van der Waals surface area contributed by atoms with Crippen molar-refractivity contribution < 1.29 is 15.0 Å². The zero-order valence-electron chi connectivity index (χ0n) is 13.9. The van der Waals surface area contributed by atoms with Gasteiger partial charge in [-0.25, -0.2) is 9.78 Å². The summed E-state index contributed by atoms with van der Waals surface area (Å²) in [5.74, 6) is -0.975. The van der Waals surface area contributed by atoms with Crippen LogP contribution in [0.3, 0.4) is 0 Å². The summed E-state index contributed by atoms with van der Waals surface area (Å²) in [6, 6.07) is 15.8. The molecule has 2 aromatic carbocycles. The molecule has 0 spiro atoms. The van der Waals surface area contributed by atoms with E-state index < -0.39 is 5.97 Å². The first-order valence-electron chi connectivity index (χ1n) is 8.02. The maximum Gasteiger partial charge on any atom is 0.336 e. The Morgan fingerprint density at radius 1 is 1.04 bits per heavy atom. The minimum atomic E-state index is -1.06. The fourth-order valence-corrected chi connectivity index (χ4v) is 2.93. The number of pyridine rings is 1. The van der Waals surface area contributed by atoms with Crippen molar-refractivity contribution in [2.75, 3.05) is 0 Å². The number of aromatic nitrogens is 3. The number of benzene rings is 2. The number of phenolic OH excluding ortho intramolecular Hbond substituents is 1. The summed E-state index contributed by atoms with van der Waals surface area (Å²) in [6.07, 6.45) is 0. The molecule has 4 aromatic rings. The molecule has 3 N–H and O–H groups in total. The fraction of sp³-hybridized carbons (Fsp3) is 0.0500. The number of hydrogen-bond donors (Lipinski definition) is 3. The molecule has 0 fully saturated rings. The van der Waals surface area contributed by atoms with Crippen molar-refractivity contribution in [3.8, 4) is 28.3 Å². The number of aryl methyl sites for hydroxylation is 1. The van der Waals surface area contributed by atoms with E-state index in [-0.39, 0.29) is 11.3 Å². The van der Waals surface area contributed by atoms with Crippen molar-refractivity contribution in [2.45, 2.75) is 6.92 Å². The number of nitrogens with zero attached hydrogens (tertiary/aromatic N) is 2. The van der Waals surface area contributed by atoms with Gasteiger partial charge in [-0.1, -0.05) is 42.0 Å². The lowest BCUT2D eigenvalue weighted by molar-refractivity contribution is 0.0699. The van der Waals surface area contributed by atoms with Crippen LogP contribution >= 0.6 is 0 Å². The first kappa shape index (κ1) is 15.8. The Hall–Kier alpha value is -3.67. The van der Waals surface area contributed by atoms with Crippen LogP contribution < -0.4 is 0 Å². The summed E-state index contributed by atoms with van der Waals surface area (Å²) in [5.41, 5.74) is 4.05. The van der Waals surface area contributed by atoms with E-state index >= 15 is 0 Å². The molecular formula is C20H15N3O3. The molecule has 6 heteroatoms. The highest BCUT2D eigenvalue weighted by Crippen LogP contribution is 2.32.